The van der Waals surface area contributed by atoms with Crippen LogP contribution in [0.5, 0.6) is 0 Å². The number of amides is 4. The van der Waals surface area contributed by atoms with Crippen LogP contribution in [0.4, 0.5) is 9.59 Å². The molecule has 0 rings (SSSR count). The van der Waals surface area contributed by atoms with Crippen LogP contribution in [0, 0.1) is 22.3 Å². The third kappa shape index (κ3) is 55.7. The van der Waals surface area contributed by atoms with Crippen LogP contribution >= 0.6 is 0 Å². The summed E-state index contributed by atoms with van der Waals surface area (Å²) in [6, 6.07) is -2.75. The quantitative estimate of drug-likeness (QED) is 0.572. The van der Waals surface area contributed by atoms with Crippen molar-refractivity contribution < 1.29 is 108 Å². The minimum Gasteiger partial charge on any atom is -0.684 e. The molecule has 0 aromatic heterocycles. The maximum atomic E-state index is 9.41. The molecule has 0 aliphatic carbocycles. The van der Waals surface area contributed by atoms with Gasteiger partial charge in [-0.3, -0.25) is 0 Å². The minimum atomic E-state index is -1.38. The molecule has 0 unspecified atom stereocenters. The fourth-order valence-corrected chi connectivity index (χ4v) is 0.0922. The van der Waals surface area contributed by atoms with Crippen molar-refractivity contribution in [1.82, 2.24) is 0 Å². The molecule has 13 heavy (non-hydrogen) atoms. The van der Waals surface area contributed by atoms with Gasteiger partial charge in [0, 0.05) is 98.1 Å². The summed E-state index contributed by atoms with van der Waals surface area (Å²) in [5.74, 6) is 0. The Morgan fingerprint density at radius 1 is 0.769 bits per heavy atom. The van der Waals surface area contributed by atoms with E-state index in [1.54, 1.807) is 0 Å². The molecule has 73 valence electrons. The minimum absolute atomic E-state index is 0. The number of carbonyl (C=O) groups excluding carboxylic acids is 2. The Morgan fingerprint density at radius 3 is 0.923 bits per heavy atom. The van der Waals surface area contributed by atoms with Gasteiger partial charge in [-0.1, -0.05) is 0 Å². The van der Waals surface area contributed by atoms with Crippen LogP contribution in [0.2, 0.25) is 0 Å². The summed E-state index contributed by atoms with van der Waals surface area (Å²) in [6.07, 6.45) is 0. The number of hydrogen-bond donors (Lipinski definition) is 0. The van der Waals surface area contributed by atoms with E-state index in [1.807, 2.05) is 0 Å². The Balaban J connectivity index is -0.0000000120. The summed E-state index contributed by atoms with van der Waals surface area (Å²) < 4.78 is 0. The molecule has 4 amide bonds. The molecule has 0 saturated carbocycles. The van der Waals surface area contributed by atoms with E-state index in [0.29, 0.717) is 0 Å². The average Bonchev–Trinajstić information content (AvgIpc) is 1.27. The molecule has 0 aromatic rings. The molecule has 0 fully saturated rings. The number of imide groups is 1. The SMILES string of the molecule is [CH3-].[CH3-].[CH3-].[NH-]C(=O)[N-]C([NH-])=O.[Y].[Y].[Y]. The van der Waals surface area contributed by atoms with E-state index in [1.165, 1.54) is 0 Å². The fourth-order valence-electron chi connectivity index (χ4n) is 0.0922. The summed E-state index contributed by atoms with van der Waals surface area (Å²) in [5, 5.41) is 2.33. The van der Waals surface area contributed by atoms with E-state index in [9.17, 15) is 9.59 Å². The Hall–Kier alpha value is 2.05. The molecule has 8 heteroatoms. The first-order valence-electron chi connectivity index (χ1n) is 1.36. The smallest absolute Gasteiger partial charge is 0 e. The van der Waals surface area contributed by atoms with Crippen LogP contribution in [-0.4, -0.2) is 12.1 Å². The van der Waals surface area contributed by atoms with Gasteiger partial charge in [0.15, 0.2) is 0 Å². The van der Waals surface area contributed by atoms with Crippen molar-refractivity contribution in [2.75, 3.05) is 0 Å². The number of rotatable bonds is 0. The van der Waals surface area contributed by atoms with E-state index in [2.05, 4.69) is 5.32 Å². The predicted octanol–water partition coefficient (Wildman–Crippen LogP) is 3.05. The zero-order valence-corrected chi connectivity index (χ0v) is 16.5. The van der Waals surface area contributed by atoms with Crippen molar-refractivity contribution in [2.24, 2.45) is 0 Å². The van der Waals surface area contributed by atoms with E-state index in [-0.39, 0.29) is 120 Å². The third-order valence-electron chi connectivity index (χ3n) is 0.203. The molecule has 0 heterocycles. The van der Waals surface area contributed by atoms with Gasteiger partial charge in [-0.05, 0) is 12.1 Å². The van der Waals surface area contributed by atoms with Gasteiger partial charge in [0.05, 0.1) is 0 Å². The van der Waals surface area contributed by atoms with Gasteiger partial charge in [0.1, 0.15) is 0 Å². The molecular formula is C5H11N3O2Y3-6. The standard InChI is InChI=1S/C2H4N3O2.3CH3.3Y/c3-1(6)5-2(4)7;;;;;;/h(H4-,3,4,5,6,7);3*1H3;;;/q4*-1;;;/p-2. The van der Waals surface area contributed by atoms with E-state index < -0.39 is 12.1 Å². The van der Waals surface area contributed by atoms with Crippen LogP contribution in [0.15, 0.2) is 0 Å². The molecular weight excluding hydrogens is 401 g/mol. The number of nitrogens with zero attached hydrogens (tertiary/aromatic N) is 1. The summed E-state index contributed by atoms with van der Waals surface area (Å²) in [4.78, 5) is 18.8. The van der Waals surface area contributed by atoms with Crippen LogP contribution in [0.3, 0.4) is 0 Å². The number of nitrogens with one attached hydrogen (secondary N) is 2. The first-order valence-corrected chi connectivity index (χ1v) is 1.36. The molecule has 0 bridgehead atoms. The molecule has 0 aliphatic rings. The Labute approximate surface area is 156 Å². The van der Waals surface area contributed by atoms with Gasteiger partial charge >= 0.3 is 0 Å². The van der Waals surface area contributed by atoms with Gasteiger partial charge < -0.3 is 48.7 Å². The monoisotopic (exact) mass is 412 g/mol. The summed E-state index contributed by atoms with van der Waals surface area (Å²) in [5.41, 5.74) is 11.9. The Bertz CT molecular complexity index is 101. The van der Waals surface area contributed by atoms with Crippen molar-refractivity contribution in [1.29, 1.82) is 0 Å². The van der Waals surface area contributed by atoms with Crippen molar-refractivity contribution >= 4 is 12.1 Å². The van der Waals surface area contributed by atoms with E-state index in [4.69, 9.17) is 11.5 Å². The number of urea groups is 2. The zero-order valence-electron chi connectivity index (χ0n) is 8.00. The van der Waals surface area contributed by atoms with Gasteiger partial charge in [0.25, 0.3) is 0 Å². The van der Waals surface area contributed by atoms with Crippen molar-refractivity contribution in [3.8, 4) is 0 Å². The normalized spacial score (nSPS) is 4.00. The third-order valence-corrected chi connectivity index (χ3v) is 0.203. The van der Waals surface area contributed by atoms with Crippen LogP contribution < -0.4 is 0 Å². The first kappa shape index (κ1) is 45.8. The number of hydrogen-bond acceptors (Lipinski definition) is 2. The predicted molar refractivity (Wildman–Crippen MR) is 42.0 cm³/mol. The second-order valence-corrected chi connectivity index (χ2v) is 0.722. The number of carbonyl (C=O) groups is 2. The van der Waals surface area contributed by atoms with E-state index >= 15 is 0 Å². The first-order chi connectivity index (χ1) is 3.13. The molecule has 0 spiro atoms. The van der Waals surface area contributed by atoms with Crippen molar-refractivity contribution in [2.45, 2.75) is 0 Å². The summed E-state index contributed by atoms with van der Waals surface area (Å²) >= 11 is 0. The van der Waals surface area contributed by atoms with Gasteiger partial charge in [0.2, 0.25) is 0 Å². The maximum Gasteiger partial charge on any atom is 0 e. The van der Waals surface area contributed by atoms with Gasteiger partial charge in [-0.15, -0.1) is 0 Å². The molecule has 0 aromatic carbocycles. The largest absolute Gasteiger partial charge is 0.684 e. The molecule has 2 N–H and O–H groups in total. The molecule has 0 saturated heterocycles. The summed E-state index contributed by atoms with van der Waals surface area (Å²) in [7, 11) is 0. The van der Waals surface area contributed by atoms with Crippen molar-refractivity contribution in [3.63, 3.8) is 0 Å². The van der Waals surface area contributed by atoms with Gasteiger partial charge in [-0.25, -0.2) is 0 Å². The average molecular weight is 412 g/mol. The van der Waals surface area contributed by atoms with Crippen LogP contribution in [0.1, 0.15) is 0 Å². The molecule has 0 aliphatic heterocycles. The topological polar surface area (TPSA) is 95.8 Å². The van der Waals surface area contributed by atoms with E-state index in [0.717, 1.165) is 0 Å². The van der Waals surface area contributed by atoms with Gasteiger partial charge in [-0.2, -0.15) is 0 Å². The molecule has 3 radical (unpaired) electrons. The fraction of sp³-hybridized carbons (Fsp3) is 0. The van der Waals surface area contributed by atoms with Crippen molar-refractivity contribution in [3.05, 3.63) is 39.1 Å². The maximum absolute atomic E-state index is 9.41. The zero-order chi connectivity index (χ0) is 5.86. The van der Waals surface area contributed by atoms with Crippen LogP contribution in [-0.2, 0) is 98.1 Å². The summed E-state index contributed by atoms with van der Waals surface area (Å²) in [6.45, 7) is 0. The van der Waals surface area contributed by atoms with Crippen LogP contribution in [0.25, 0.3) is 16.8 Å². The molecule has 5 nitrogen and oxygen atoms in total. The molecule has 0 atom stereocenters. The second-order valence-electron chi connectivity index (χ2n) is 0.722. The second kappa shape index (κ2) is 29.2. The Kier molecular flexibility index (Phi) is 103. The Morgan fingerprint density at radius 2 is 0.923 bits per heavy atom.